The third-order valence-electron chi connectivity index (χ3n) is 4.44. The van der Waals surface area contributed by atoms with Crippen LogP contribution >= 0.6 is 7.14 Å². The van der Waals surface area contributed by atoms with Crippen molar-refractivity contribution in [2.24, 2.45) is 0 Å². The van der Waals surface area contributed by atoms with Crippen molar-refractivity contribution in [3.8, 4) is 0 Å². The Kier molecular flexibility index (Phi) is 6.16. The molecule has 0 saturated heterocycles. The van der Waals surface area contributed by atoms with E-state index in [0.717, 1.165) is 16.2 Å². The Morgan fingerprint density at radius 2 is 1.15 bits per heavy atom. The van der Waals surface area contributed by atoms with Crippen LogP contribution in [0.5, 0.6) is 0 Å². The highest BCUT2D eigenvalue weighted by atomic mass is 31.2. The SMILES string of the molecule is C[Si](C)(C)OC(CP(=O)(c1ccccc1)c1ccccc1)c1ccccc1. The Hall–Kier alpha value is -1.93. The predicted molar refractivity (Wildman–Crippen MR) is 118 cm³/mol. The Labute approximate surface area is 163 Å². The van der Waals surface area contributed by atoms with Crippen LogP contribution in [-0.4, -0.2) is 14.5 Å². The summed E-state index contributed by atoms with van der Waals surface area (Å²) in [6.45, 7) is 6.54. The molecule has 1 atom stereocenters. The van der Waals surface area contributed by atoms with Crippen molar-refractivity contribution < 1.29 is 8.99 Å². The van der Waals surface area contributed by atoms with Gasteiger partial charge in [-0.25, -0.2) is 0 Å². The molecular weight excluding hydrogens is 367 g/mol. The van der Waals surface area contributed by atoms with Crippen molar-refractivity contribution in [1.29, 1.82) is 0 Å². The standard InChI is InChI=1S/C23H27O2PSi/c1-27(2,3)25-23(20-13-7-4-8-14-20)19-26(24,21-15-9-5-10-16-21)22-17-11-6-12-18-22/h4-18,23H,19H2,1-3H3. The maximum absolute atomic E-state index is 14.4. The monoisotopic (exact) mass is 394 g/mol. The van der Waals surface area contributed by atoms with Crippen molar-refractivity contribution in [3.05, 3.63) is 96.6 Å². The molecule has 0 amide bonds. The summed E-state index contributed by atoms with van der Waals surface area (Å²) in [7, 11) is -4.66. The lowest BCUT2D eigenvalue weighted by molar-refractivity contribution is 0.221. The van der Waals surface area contributed by atoms with Crippen LogP contribution < -0.4 is 10.6 Å². The van der Waals surface area contributed by atoms with E-state index < -0.39 is 15.5 Å². The first-order valence-electron chi connectivity index (χ1n) is 9.31. The molecule has 3 aromatic rings. The van der Waals surface area contributed by atoms with Crippen molar-refractivity contribution in [3.63, 3.8) is 0 Å². The zero-order valence-corrected chi connectivity index (χ0v) is 18.1. The minimum atomic E-state index is -2.83. The summed E-state index contributed by atoms with van der Waals surface area (Å²) in [6, 6.07) is 29.9. The van der Waals surface area contributed by atoms with E-state index in [9.17, 15) is 4.57 Å². The molecule has 4 heteroatoms. The van der Waals surface area contributed by atoms with E-state index in [2.05, 4.69) is 31.8 Å². The Morgan fingerprint density at radius 3 is 1.56 bits per heavy atom. The van der Waals surface area contributed by atoms with Crippen molar-refractivity contribution in [2.45, 2.75) is 25.7 Å². The van der Waals surface area contributed by atoms with Gasteiger partial charge in [-0.05, 0) is 25.2 Å². The average Bonchev–Trinajstić information content (AvgIpc) is 2.68. The van der Waals surface area contributed by atoms with E-state index in [-0.39, 0.29) is 6.10 Å². The first kappa shape index (κ1) is 19.8. The second-order valence-electron chi connectivity index (χ2n) is 7.72. The van der Waals surface area contributed by atoms with Gasteiger partial charge in [0.15, 0.2) is 8.32 Å². The summed E-state index contributed by atoms with van der Waals surface area (Å²) >= 11 is 0. The van der Waals surface area contributed by atoms with Crippen LogP contribution in [0.2, 0.25) is 19.6 Å². The van der Waals surface area contributed by atoms with Gasteiger partial charge < -0.3 is 8.99 Å². The lowest BCUT2D eigenvalue weighted by Gasteiger charge is -2.30. The summed E-state index contributed by atoms with van der Waals surface area (Å²) in [4.78, 5) is 0. The quantitative estimate of drug-likeness (QED) is 0.385. The lowest BCUT2D eigenvalue weighted by Crippen LogP contribution is -2.31. The minimum absolute atomic E-state index is 0.191. The van der Waals surface area contributed by atoms with E-state index >= 15 is 0 Å². The van der Waals surface area contributed by atoms with Gasteiger partial charge in [0.2, 0.25) is 0 Å². The molecule has 27 heavy (non-hydrogen) atoms. The summed E-state index contributed by atoms with van der Waals surface area (Å²) in [5.41, 5.74) is 1.09. The number of rotatable bonds is 7. The van der Waals surface area contributed by atoms with Gasteiger partial charge in [0.1, 0.15) is 7.14 Å². The zero-order chi connectivity index (χ0) is 19.3. The van der Waals surface area contributed by atoms with E-state index in [0.29, 0.717) is 6.16 Å². The van der Waals surface area contributed by atoms with Crippen LogP contribution in [0.3, 0.4) is 0 Å². The molecule has 0 aliphatic heterocycles. The summed E-state index contributed by atoms with van der Waals surface area (Å²) in [5, 5.41) is 1.77. The first-order valence-corrected chi connectivity index (χ1v) is 14.6. The third kappa shape index (κ3) is 5.07. The van der Waals surface area contributed by atoms with Gasteiger partial charge in [-0.3, -0.25) is 0 Å². The second-order valence-corrected chi connectivity index (χ2v) is 15.1. The van der Waals surface area contributed by atoms with Gasteiger partial charge >= 0.3 is 0 Å². The second kappa shape index (κ2) is 8.39. The Morgan fingerprint density at radius 1 is 0.741 bits per heavy atom. The van der Waals surface area contributed by atoms with Crippen LogP contribution in [0.4, 0.5) is 0 Å². The molecule has 0 aromatic heterocycles. The van der Waals surface area contributed by atoms with E-state index in [1.54, 1.807) is 0 Å². The fraction of sp³-hybridized carbons (Fsp3) is 0.217. The van der Waals surface area contributed by atoms with Gasteiger partial charge in [-0.1, -0.05) is 91.0 Å². The van der Waals surface area contributed by atoms with E-state index in [4.69, 9.17) is 4.43 Å². The Bertz CT molecular complexity index is 846. The molecule has 0 fully saturated rings. The normalized spacial score (nSPS) is 13.3. The van der Waals surface area contributed by atoms with Crippen molar-refractivity contribution in [2.75, 3.05) is 6.16 Å². The summed E-state index contributed by atoms with van der Waals surface area (Å²) < 4.78 is 21.0. The number of hydrogen-bond donors (Lipinski definition) is 0. The van der Waals surface area contributed by atoms with E-state index in [1.807, 2.05) is 78.9 Å². The van der Waals surface area contributed by atoms with Gasteiger partial charge in [0.25, 0.3) is 0 Å². The van der Waals surface area contributed by atoms with Crippen LogP contribution in [-0.2, 0) is 8.99 Å². The molecule has 2 nitrogen and oxygen atoms in total. The van der Waals surface area contributed by atoms with Crippen molar-refractivity contribution in [1.82, 2.24) is 0 Å². The maximum atomic E-state index is 14.4. The topological polar surface area (TPSA) is 26.3 Å². The fourth-order valence-electron chi connectivity index (χ4n) is 3.24. The average molecular weight is 395 g/mol. The largest absolute Gasteiger partial charge is 0.410 e. The van der Waals surface area contributed by atoms with Crippen LogP contribution in [0, 0.1) is 0 Å². The van der Waals surface area contributed by atoms with Crippen LogP contribution in [0.15, 0.2) is 91.0 Å². The lowest BCUT2D eigenvalue weighted by atomic mass is 10.1. The highest BCUT2D eigenvalue weighted by Crippen LogP contribution is 2.47. The Balaban J connectivity index is 2.07. The fourth-order valence-corrected chi connectivity index (χ4v) is 7.23. The smallest absolute Gasteiger partial charge is 0.184 e. The highest BCUT2D eigenvalue weighted by molar-refractivity contribution is 7.78. The van der Waals surface area contributed by atoms with Crippen LogP contribution in [0.25, 0.3) is 0 Å². The molecule has 3 rings (SSSR count). The third-order valence-corrected chi connectivity index (χ3v) is 8.54. The molecule has 0 bridgehead atoms. The van der Waals surface area contributed by atoms with Gasteiger partial charge in [0, 0.05) is 16.8 Å². The minimum Gasteiger partial charge on any atom is -0.410 e. The molecule has 140 valence electrons. The molecule has 0 saturated carbocycles. The number of hydrogen-bond acceptors (Lipinski definition) is 2. The predicted octanol–water partition coefficient (Wildman–Crippen LogP) is 5.59. The molecular formula is C23H27O2PSi. The number of benzene rings is 3. The molecule has 3 aromatic carbocycles. The van der Waals surface area contributed by atoms with Gasteiger partial charge in [-0.15, -0.1) is 0 Å². The molecule has 0 N–H and O–H groups in total. The molecule has 0 aliphatic carbocycles. The van der Waals surface area contributed by atoms with Crippen LogP contribution in [0.1, 0.15) is 11.7 Å². The maximum Gasteiger partial charge on any atom is 0.184 e. The molecule has 0 aliphatic rings. The summed E-state index contributed by atoms with van der Waals surface area (Å²) in [5.74, 6) is 0. The summed E-state index contributed by atoms with van der Waals surface area (Å²) in [6.07, 6.45) is 0.277. The molecule has 1 unspecified atom stereocenters. The van der Waals surface area contributed by atoms with Gasteiger partial charge in [0.05, 0.1) is 6.10 Å². The molecule has 0 radical (unpaired) electrons. The van der Waals surface area contributed by atoms with E-state index in [1.165, 1.54) is 0 Å². The molecule has 0 heterocycles. The first-order chi connectivity index (χ1) is 12.9. The highest BCUT2D eigenvalue weighted by Gasteiger charge is 2.34. The van der Waals surface area contributed by atoms with Gasteiger partial charge in [-0.2, -0.15) is 0 Å². The molecule has 0 spiro atoms. The zero-order valence-electron chi connectivity index (χ0n) is 16.2. The van der Waals surface area contributed by atoms with Crippen molar-refractivity contribution >= 4 is 26.1 Å².